The molecule has 0 aliphatic carbocycles. The van der Waals surface area contributed by atoms with E-state index in [9.17, 15) is 26.7 Å². The van der Waals surface area contributed by atoms with Gasteiger partial charge in [0, 0.05) is 19.0 Å². The molecule has 31 heavy (non-hydrogen) atoms. The van der Waals surface area contributed by atoms with Crippen LogP contribution in [0.25, 0.3) is 0 Å². The van der Waals surface area contributed by atoms with E-state index in [1.165, 1.54) is 18.6 Å². The van der Waals surface area contributed by atoms with Crippen molar-refractivity contribution in [1.82, 2.24) is 4.90 Å². The van der Waals surface area contributed by atoms with E-state index in [-0.39, 0.29) is 31.5 Å². The molecule has 9 heteroatoms. The number of rotatable bonds is 8. The molecular weight excluding hydrogens is 421 g/mol. The van der Waals surface area contributed by atoms with Crippen molar-refractivity contribution in [2.75, 3.05) is 19.7 Å². The van der Waals surface area contributed by atoms with Crippen molar-refractivity contribution >= 4 is 5.97 Å². The number of carboxylic acid groups (broad SMARTS) is 1. The molecule has 2 atom stereocenters. The molecular formula is C22H32F5NO3. The lowest BCUT2D eigenvalue weighted by Crippen LogP contribution is -2.39. The van der Waals surface area contributed by atoms with Gasteiger partial charge >= 0.3 is 18.8 Å². The second-order valence-corrected chi connectivity index (χ2v) is 8.09. The summed E-state index contributed by atoms with van der Waals surface area (Å²) in [4.78, 5) is 12.8. The number of nitrogens with zero attached hydrogens (tertiary/aromatic N) is 1. The van der Waals surface area contributed by atoms with Crippen LogP contribution in [0.5, 0.6) is 0 Å². The van der Waals surface area contributed by atoms with E-state index in [1.54, 1.807) is 0 Å². The van der Waals surface area contributed by atoms with Crippen LogP contribution < -0.4 is 0 Å². The van der Waals surface area contributed by atoms with E-state index in [0.717, 1.165) is 18.1 Å². The maximum Gasteiger partial charge on any atom is 0.416 e. The van der Waals surface area contributed by atoms with E-state index in [2.05, 4.69) is 25.5 Å². The zero-order valence-electron chi connectivity index (χ0n) is 18.2. The molecule has 1 aliphatic rings. The van der Waals surface area contributed by atoms with Crippen molar-refractivity contribution in [2.45, 2.75) is 65.3 Å². The van der Waals surface area contributed by atoms with Crippen LogP contribution in [-0.2, 0) is 15.7 Å². The molecule has 1 aliphatic heterocycles. The average molecular weight is 453 g/mol. The minimum absolute atomic E-state index is 0.0293. The number of aliphatic carboxylic acids is 1. The van der Waals surface area contributed by atoms with Crippen molar-refractivity contribution in [3.05, 3.63) is 35.4 Å². The second kappa shape index (κ2) is 13.0. The van der Waals surface area contributed by atoms with Crippen molar-refractivity contribution in [3.8, 4) is 0 Å². The van der Waals surface area contributed by atoms with Crippen LogP contribution >= 0.6 is 0 Å². The highest BCUT2D eigenvalue weighted by molar-refractivity contribution is 5.67. The van der Waals surface area contributed by atoms with Crippen molar-refractivity contribution in [3.63, 3.8) is 0 Å². The summed E-state index contributed by atoms with van der Waals surface area (Å²) in [6.07, 6.45) is -2.15. The van der Waals surface area contributed by atoms with Gasteiger partial charge in [0.15, 0.2) is 0 Å². The molecule has 0 amide bonds. The van der Waals surface area contributed by atoms with Gasteiger partial charge in [0.1, 0.15) is 0 Å². The number of carbonyl (C=O) groups is 1. The molecule has 0 saturated carbocycles. The second-order valence-electron chi connectivity index (χ2n) is 8.09. The first kappa shape index (κ1) is 27.3. The average Bonchev–Trinajstić information content (AvgIpc) is 2.68. The van der Waals surface area contributed by atoms with Gasteiger partial charge in [0.2, 0.25) is 0 Å². The molecule has 1 heterocycles. The molecule has 1 saturated heterocycles. The fourth-order valence-corrected chi connectivity index (χ4v) is 3.29. The monoisotopic (exact) mass is 453 g/mol. The first-order chi connectivity index (χ1) is 14.4. The zero-order chi connectivity index (χ0) is 23.6. The van der Waals surface area contributed by atoms with Crippen LogP contribution in [0.1, 0.15) is 63.6 Å². The lowest BCUT2D eigenvalue weighted by molar-refractivity contribution is -0.140. The third kappa shape index (κ3) is 10.4. The van der Waals surface area contributed by atoms with Crippen LogP contribution in [0.4, 0.5) is 22.0 Å². The molecule has 1 fully saturated rings. The van der Waals surface area contributed by atoms with E-state index in [0.29, 0.717) is 24.9 Å². The van der Waals surface area contributed by atoms with E-state index in [4.69, 9.17) is 5.11 Å². The van der Waals surface area contributed by atoms with Crippen LogP contribution in [0, 0.1) is 11.8 Å². The molecule has 4 nitrogen and oxygen atoms in total. The van der Waals surface area contributed by atoms with Crippen LogP contribution in [0.3, 0.4) is 0 Å². The first-order valence-corrected chi connectivity index (χ1v) is 10.5. The van der Waals surface area contributed by atoms with Crippen LogP contribution in [0.2, 0.25) is 0 Å². The summed E-state index contributed by atoms with van der Waals surface area (Å²) in [7, 11) is 0. The highest BCUT2D eigenvalue weighted by Gasteiger charge is 2.33. The summed E-state index contributed by atoms with van der Waals surface area (Å²) in [6.45, 7) is 4.21. The Hall–Kier alpha value is -1.74. The van der Waals surface area contributed by atoms with Gasteiger partial charge in [-0.05, 0) is 48.9 Å². The lowest BCUT2D eigenvalue weighted by Gasteiger charge is -2.39. The van der Waals surface area contributed by atoms with Gasteiger partial charge in [0.25, 0.3) is 0 Å². The highest BCUT2D eigenvalue weighted by Crippen LogP contribution is 2.37. The lowest BCUT2D eigenvalue weighted by atomic mass is 9.85. The quantitative estimate of drug-likeness (QED) is 0.475. The number of carboxylic acids is 1. The van der Waals surface area contributed by atoms with Gasteiger partial charge in [-0.25, -0.2) is 0 Å². The topological polar surface area (TPSA) is 49.8 Å². The minimum Gasteiger partial charge on any atom is -0.481 e. The number of ether oxygens (including phenoxy) is 1. The molecule has 2 unspecified atom stereocenters. The fraction of sp³-hybridized carbons (Fsp3) is 0.682. The zero-order valence-corrected chi connectivity index (χ0v) is 18.2. The Labute approximate surface area is 180 Å². The Bertz CT molecular complexity index is 650. The molecule has 0 radical (unpaired) electrons. The Morgan fingerprint density at radius 1 is 1.23 bits per heavy atom. The van der Waals surface area contributed by atoms with Gasteiger partial charge in [0.05, 0.1) is 12.2 Å². The molecule has 0 spiro atoms. The normalized spacial score (nSPS) is 19.9. The maximum atomic E-state index is 12.7. The third-order valence-electron chi connectivity index (χ3n) is 5.35. The number of halogens is 5. The SMILES string of the molecule is CCC(C)C.O=C(O)CC1CCN(CCOC(F)F)C(c2ccc(C(F)(F)F)cc2)C1. The van der Waals surface area contributed by atoms with E-state index >= 15 is 0 Å². The fourth-order valence-electron chi connectivity index (χ4n) is 3.29. The summed E-state index contributed by atoms with van der Waals surface area (Å²) in [5.41, 5.74) is -0.170. The molecule has 2 rings (SSSR count). The molecule has 1 N–H and O–H groups in total. The van der Waals surface area contributed by atoms with Gasteiger partial charge in [-0.3, -0.25) is 9.69 Å². The predicted molar refractivity (Wildman–Crippen MR) is 108 cm³/mol. The van der Waals surface area contributed by atoms with E-state index < -0.39 is 24.3 Å². The summed E-state index contributed by atoms with van der Waals surface area (Å²) in [6, 6.07) is 4.33. The van der Waals surface area contributed by atoms with Crippen molar-refractivity contribution in [2.24, 2.45) is 11.8 Å². The number of hydrogen-bond acceptors (Lipinski definition) is 3. The Balaban J connectivity index is 0.000000861. The smallest absolute Gasteiger partial charge is 0.416 e. The third-order valence-corrected chi connectivity index (χ3v) is 5.35. The number of hydrogen-bond donors (Lipinski definition) is 1. The number of benzene rings is 1. The van der Waals surface area contributed by atoms with E-state index in [1.807, 2.05) is 4.90 Å². The van der Waals surface area contributed by atoms with Crippen LogP contribution in [-0.4, -0.2) is 42.3 Å². The Kier molecular flexibility index (Phi) is 11.4. The summed E-state index contributed by atoms with van der Waals surface area (Å²) < 4.78 is 66.8. The number of piperidine rings is 1. The largest absolute Gasteiger partial charge is 0.481 e. The predicted octanol–water partition coefficient (Wildman–Crippen LogP) is 6.22. The summed E-state index contributed by atoms with van der Waals surface area (Å²) in [5.74, 6) is -0.169. The van der Waals surface area contributed by atoms with Gasteiger partial charge in [-0.2, -0.15) is 22.0 Å². The van der Waals surface area contributed by atoms with Gasteiger partial charge < -0.3 is 9.84 Å². The molecule has 0 aromatic heterocycles. The Morgan fingerprint density at radius 2 is 1.81 bits per heavy atom. The molecule has 1 aromatic rings. The minimum atomic E-state index is -4.44. The maximum absolute atomic E-state index is 12.7. The first-order valence-electron chi connectivity index (χ1n) is 10.5. The Morgan fingerprint density at radius 3 is 2.26 bits per heavy atom. The van der Waals surface area contributed by atoms with Crippen molar-refractivity contribution < 1.29 is 36.6 Å². The van der Waals surface area contributed by atoms with Gasteiger partial charge in [-0.1, -0.05) is 39.3 Å². The standard InChI is InChI=1S/C17H20F5NO3.C5H12/c18-16(19)26-8-7-23-6-5-11(10-15(24)25)9-14(23)12-1-3-13(4-2-12)17(20,21)22;1-4-5(2)3/h1-4,11,14,16H,5-10H2,(H,24,25);5H,4H2,1-3H3. The summed E-state index contributed by atoms with van der Waals surface area (Å²) >= 11 is 0. The summed E-state index contributed by atoms with van der Waals surface area (Å²) in [5, 5.41) is 8.97. The number of alkyl halides is 5. The molecule has 0 bridgehead atoms. The molecule has 178 valence electrons. The highest BCUT2D eigenvalue weighted by atomic mass is 19.4. The van der Waals surface area contributed by atoms with Gasteiger partial charge in [-0.15, -0.1) is 0 Å². The van der Waals surface area contributed by atoms with Crippen LogP contribution in [0.15, 0.2) is 24.3 Å². The van der Waals surface area contributed by atoms with Crippen molar-refractivity contribution in [1.29, 1.82) is 0 Å². The molecule has 1 aromatic carbocycles. The number of likely N-dealkylation sites (tertiary alicyclic amines) is 1.